The van der Waals surface area contributed by atoms with Crippen molar-refractivity contribution in [2.45, 2.75) is 152 Å². The third kappa shape index (κ3) is 10.3. The van der Waals surface area contributed by atoms with Crippen LogP contribution >= 0.6 is 0 Å². The third-order valence-electron chi connectivity index (χ3n) is 14.6. The molecule has 2 saturated carbocycles. The van der Waals surface area contributed by atoms with Crippen molar-refractivity contribution in [3.63, 3.8) is 0 Å². The highest BCUT2D eigenvalue weighted by atomic mass is 32.2. The zero-order valence-corrected chi connectivity index (χ0v) is 40.3. The quantitative estimate of drug-likeness (QED) is 0.190. The smallest absolute Gasteiger partial charge is 0.407 e. The summed E-state index contributed by atoms with van der Waals surface area (Å²) in [6, 6.07) is 3.85. The second-order valence-corrected chi connectivity index (χ2v) is 23.1. The first-order valence-corrected chi connectivity index (χ1v) is 25.8. The fourth-order valence-electron chi connectivity index (χ4n) is 10.0. The van der Waals surface area contributed by atoms with Crippen LogP contribution in [0.3, 0.4) is 0 Å². The Kier molecular flexibility index (Phi) is 14.0. The molecule has 4 fully saturated rings. The Hall–Kier alpha value is -4.48. The number of fused-ring (bicyclic) bond motifs is 5. The second-order valence-electron chi connectivity index (χ2n) is 20.9. The molecule has 16 nitrogen and oxygen atoms in total. The largest absolute Gasteiger partial charge is 0.494 e. The van der Waals surface area contributed by atoms with E-state index < -0.39 is 67.7 Å². The van der Waals surface area contributed by atoms with Crippen molar-refractivity contribution in [1.82, 2.24) is 30.1 Å². The van der Waals surface area contributed by atoms with E-state index in [9.17, 15) is 18.0 Å². The van der Waals surface area contributed by atoms with Crippen molar-refractivity contribution < 1.29 is 46.5 Å². The molecule has 5 heterocycles. The van der Waals surface area contributed by atoms with Crippen LogP contribution in [-0.4, -0.2) is 128 Å². The maximum Gasteiger partial charge on any atom is 0.407 e. The number of nitrogens with one attached hydrogen (secondary N) is 3. The number of morpholine rings is 1. The van der Waals surface area contributed by atoms with Crippen molar-refractivity contribution in [2.24, 2.45) is 11.3 Å². The minimum Gasteiger partial charge on any atom is -0.494 e. The van der Waals surface area contributed by atoms with Gasteiger partial charge in [0.2, 0.25) is 21.8 Å². The molecular formula is C49H70N6O10S. The van der Waals surface area contributed by atoms with E-state index in [0.717, 1.165) is 80.0 Å². The van der Waals surface area contributed by atoms with Crippen LogP contribution in [0.2, 0.25) is 0 Å². The molecule has 0 unspecified atom stereocenters. The first-order chi connectivity index (χ1) is 31.4. The standard InChI is InChI=1S/C49H70N6O10S/c1-6-37-41-35(36-29-34(15-16-38(36)50-37)63-26-12-23-54-24-27-62-28-25-54)18-19-48(65-41)30-40-42(56)52-49(44(58)53-66(60,61)47(5)21-22-47)20-17-33(49)13-10-8-7-9-11-14-39(43(57)55(40)31-48)51-45(59)64-32-46(2,3)4/h10,13,15-16,29,33,39-40H,6-9,11-12,14,17-28,30-32H2,1-5H3,(H,51,59)(H,52,56)(H,53,58)/b13-10-/t33-,39+,40+,48-,49-/m1/s1. The van der Waals surface area contributed by atoms with Gasteiger partial charge < -0.3 is 34.5 Å². The van der Waals surface area contributed by atoms with E-state index >= 15 is 9.59 Å². The molecule has 3 N–H and O–H groups in total. The Labute approximate surface area is 389 Å². The molecule has 5 atom stereocenters. The number of amides is 4. The molecule has 8 rings (SSSR count). The molecule has 1 aromatic heterocycles. The van der Waals surface area contributed by atoms with Crippen LogP contribution in [0.25, 0.3) is 10.9 Å². The van der Waals surface area contributed by atoms with Crippen LogP contribution in [0.15, 0.2) is 30.4 Å². The number of aryl methyl sites for hydroxylation is 2. The number of benzene rings is 1. The Morgan fingerprint density at radius 3 is 2.55 bits per heavy atom. The van der Waals surface area contributed by atoms with Gasteiger partial charge in [-0.3, -0.25) is 24.0 Å². The van der Waals surface area contributed by atoms with E-state index in [0.29, 0.717) is 70.1 Å². The zero-order chi connectivity index (χ0) is 46.9. The van der Waals surface area contributed by atoms with E-state index in [1.165, 1.54) is 4.90 Å². The van der Waals surface area contributed by atoms with Crippen molar-refractivity contribution in [1.29, 1.82) is 0 Å². The number of nitrogens with zero attached hydrogens (tertiary/aromatic N) is 3. The number of carbonyl (C=O) groups is 4. The maximum absolute atomic E-state index is 15.0. The van der Waals surface area contributed by atoms with Gasteiger partial charge in [0.1, 0.15) is 34.7 Å². The number of ether oxygens (including phenoxy) is 4. The number of hydrogen-bond acceptors (Lipinski definition) is 12. The number of sulfonamides is 1. The van der Waals surface area contributed by atoms with E-state index in [1.54, 1.807) is 6.92 Å². The van der Waals surface area contributed by atoms with Crippen LogP contribution in [-0.2, 0) is 46.7 Å². The van der Waals surface area contributed by atoms with E-state index in [2.05, 4.69) is 20.3 Å². The fourth-order valence-corrected chi connectivity index (χ4v) is 11.4. The van der Waals surface area contributed by atoms with Crippen molar-refractivity contribution in [2.75, 3.05) is 52.6 Å². The van der Waals surface area contributed by atoms with Gasteiger partial charge in [-0.2, -0.15) is 0 Å². The van der Waals surface area contributed by atoms with Gasteiger partial charge >= 0.3 is 6.09 Å². The van der Waals surface area contributed by atoms with Gasteiger partial charge in [-0.15, -0.1) is 0 Å². The molecule has 17 heteroatoms. The summed E-state index contributed by atoms with van der Waals surface area (Å²) in [4.78, 5) is 66.7. The molecule has 1 spiro atoms. The summed E-state index contributed by atoms with van der Waals surface area (Å²) in [5.74, 6) is -0.872. The molecule has 1 aromatic carbocycles. The summed E-state index contributed by atoms with van der Waals surface area (Å²) in [6.07, 6.45) is 10.7. The highest BCUT2D eigenvalue weighted by Crippen LogP contribution is 2.47. The van der Waals surface area contributed by atoms with Gasteiger partial charge in [0.25, 0.3) is 5.91 Å². The van der Waals surface area contributed by atoms with E-state index in [1.807, 2.05) is 58.0 Å². The average Bonchev–Trinajstić information content (AvgIpc) is 3.95. The Balaban J connectivity index is 1.10. The lowest BCUT2D eigenvalue weighted by atomic mass is 9.65. The number of allylic oxidation sites excluding steroid dienone is 1. The maximum atomic E-state index is 15.0. The van der Waals surface area contributed by atoms with Gasteiger partial charge in [0.05, 0.1) is 48.9 Å². The summed E-state index contributed by atoms with van der Waals surface area (Å²) in [5.41, 5.74) is -0.279. The average molecular weight is 935 g/mol. The summed E-state index contributed by atoms with van der Waals surface area (Å²) >= 11 is 0. The SMILES string of the molecule is CCc1nc2ccc(OCCCN3CCOCC3)cc2c2c1O[C@]1(CC2)C[C@H]2C(=O)N[C@]3(C(=O)NS(=O)(=O)C4(C)CC4)CC[C@H]3/C=C\CCCCC[C@H](NC(=O)OCC(C)(C)C)C(=O)N2C1. The number of carbonyl (C=O) groups excluding carboxylic acids is 4. The van der Waals surface area contributed by atoms with Gasteiger partial charge in [-0.25, -0.2) is 18.2 Å². The van der Waals surface area contributed by atoms with Crippen molar-refractivity contribution in [3.05, 3.63) is 41.6 Å². The van der Waals surface area contributed by atoms with E-state index in [4.69, 9.17) is 23.9 Å². The molecule has 4 amide bonds. The predicted octanol–water partition coefficient (Wildman–Crippen LogP) is 5.49. The number of aromatic nitrogens is 1. The summed E-state index contributed by atoms with van der Waals surface area (Å²) in [7, 11) is -4.02. The first-order valence-electron chi connectivity index (χ1n) is 24.3. The normalized spacial score (nSPS) is 28.6. The van der Waals surface area contributed by atoms with Gasteiger partial charge in [0, 0.05) is 42.9 Å². The monoisotopic (exact) mass is 934 g/mol. The molecular weight excluding hydrogens is 865 g/mol. The molecule has 362 valence electrons. The third-order valence-corrected chi connectivity index (χ3v) is 16.7. The van der Waals surface area contributed by atoms with Crippen LogP contribution < -0.4 is 24.8 Å². The second kappa shape index (κ2) is 19.3. The fraction of sp³-hybridized carbons (Fsp3) is 0.694. The first kappa shape index (κ1) is 48.0. The summed E-state index contributed by atoms with van der Waals surface area (Å²) in [5, 5.41) is 6.82. The van der Waals surface area contributed by atoms with Crippen LogP contribution in [0.4, 0.5) is 4.79 Å². The van der Waals surface area contributed by atoms with Crippen molar-refractivity contribution in [3.8, 4) is 11.5 Å². The van der Waals surface area contributed by atoms with Gasteiger partial charge in [0.15, 0.2) is 0 Å². The zero-order valence-electron chi connectivity index (χ0n) is 39.5. The lowest BCUT2D eigenvalue weighted by Crippen LogP contribution is -2.70. The number of pyridine rings is 1. The lowest BCUT2D eigenvalue weighted by Gasteiger charge is -2.48. The Morgan fingerprint density at radius 1 is 1.05 bits per heavy atom. The molecule has 6 aliphatic rings. The van der Waals surface area contributed by atoms with Gasteiger partial charge in [-0.1, -0.05) is 52.7 Å². The molecule has 2 aromatic rings. The highest BCUT2D eigenvalue weighted by molar-refractivity contribution is 7.91. The molecule has 66 heavy (non-hydrogen) atoms. The molecule has 0 bridgehead atoms. The Morgan fingerprint density at radius 2 is 1.83 bits per heavy atom. The molecule has 0 radical (unpaired) electrons. The number of hydrogen-bond donors (Lipinski definition) is 3. The van der Waals surface area contributed by atoms with Crippen molar-refractivity contribution >= 4 is 44.7 Å². The summed E-state index contributed by atoms with van der Waals surface area (Å²) in [6.45, 7) is 14.5. The topological polar surface area (TPSA) is 195 Å². The Bertz CT molecular complexity index is 2310. The van der Waals surface area contributed by atoms with E-state index in [-0.39, 0.29) is 31.4 Å². The minimum atomic E-state index is -4.02. The predicted molar refractivity (Wildman–Crippen MR) is 249 cm³/mol. The summed E-state index contributed by atoms with van der Waals surface area (Å²) < 4.78 is 52.6. The molecule has 2 saturated heterocycles. The van der Waals surface area contributed by atoms with Crippen LogP contribution in [0, 0.1) is 11.3 Å². The lowest BCUT2D eigenvalue weighted by molar-refractivity contribution is -0.144. The van der Waals surface area contributed by atoms with Crippen LogP contribution in [0.5, 0.6) is 11.5 Å². The number of alkyl carbamates (subject to hydrolysis) is 1. The molecule has 4 aliphatic heterocycles. The van der Waals surface area contributed by atoms with Crippen LogP contribution in [0.1, 0.15) is 123 Å². The highest BCUT2D eigenvalue weighted by Gasteiger charge is 2.59. The molecule has 2 aliphatic carbocycles. The van der Waals surface area contributed by atoms with Gasteiger partial charge in [-0.05, 0) is 101 Å². The number of rotatable bonds is 11. The minimum absolute atomic E-state index is 0.0430.